The summed E-state index contributed by atoms with van der Waals surface area (Å²) in [5, 5.41) is 10.4. The molecule has 180 valence electrons. The number of carbonyl (C=O) groups is 1. The van der Waals surface area contributed by atoms with Crippen LogP contribution in [0.15, 0.2) is 42.5 Å². The van der Waals surface area contributed by atoms with Gasteiger partial charge in [0.05, 0.1) is 25.7 Å². The van der Waals surface area contributed by atoms with Gasteiger partial charge in [0.15, 0.2) is 0 Å². The van der Waals surface area contributed by atoms with Crippen LogP contribution in [0, 0.1) is 17.7 Å². The van der Waals surface area contributed by atoms with Crippen LogP contribution in [0.4, 0.5) is 4.39 Å². The summed E-state index contributed by atoms with van der Waals surface area (Å²) >= 11 is 0. The molecule has 6 nitrogen and oxygen atoms in total. The van der Waals surface area contributed by atoms with Gasteiger partial charge in [-0.15, -0.1) is 0 Å². The first-order valence-corrected chi connectivity index (χ1v) is 11.4. The molecule has 2 aromatic rings. The lowest BCUT2D eigenvalue weighted by Crippen LogP contribution is -2.30. The Morgan fingerprint density at radius 2 is 1.91 bits per heavy atom. The number of benzene rings is 2. The number of ether oxygens (including phenoxy) is 4. The quantitative estimate of drug-likeness (QED) is 0.375. The summed E-state index contributed by atoms with van der Waals surface area (Å²) in [6.45, 7) is 5.35. The molecule has 1 aliphatic rings. The largest absolute Gasteiger partial charge is 0.493 e. The molecule has 1 saturated heterocycles. The minimum Gasteiger partial charge on any atom is -0.493 e. The number of esters is 1. The molecule has 2 aromatic carbocycles. The molecule has 33 heavy (non-hydrogen) atoms. The molecule has 1 fully saturated rings. The van der Waals surface area contributed by atoms with Crippen molar-refractivity contribution in [2.45, 2.75) is 45.5 Å². The molecular formula is C26H33FO6. The van der Waals surface area contributed by atoms with E-state index in [0.29, 0.717) is 25.4 Å². The number of methoxy groups -OCH3 is 1. The summed E-state index contributed by atoms with van der Waals surface area (Å²) in [4.78, 5) is 11.9. The van der Waals surface area contributed by atoms with Crippen LogP contribution in [0.25, 0.3) is 11.1 Å². The zero-order valence-electron chi connectivity index (χ0n) is 19.5. The molecular weight excluding hydrogens is 427 g/mol. The number of hydrogen-bond acceptors (Lipinski definition) is 6. The van der Waals surface area contributed by atoms with Crippen molar-refractivity contribution < 1.29 is 33.2 Å². The summed E-state index contributed by atoms with van der Waals surface area (Å²) in [5.41, 5.74) is 2.58. The van der Waals surface area contributed by atoms with E-state index in [9.17, 15) is 14.3 Å². The number of hydrogen-bond donors (Lipinski definition) is 1. The van der Waals surface area contributed by atoms with Gasteiger partial charge in [0.2, 0.25) is 0 Å². The second-order valence-corrected chi connectivity index (χ2v) is 8.68. The third kappa shape index (κ3) is 7.00. The molecule has 3 rings (SSSR count). The Hall–Kier alpha value is -2.48. The van der Waals surface area contributed by atoms with E-state index in [2.05, 4.69) is 0 Å². The Bertz CT molecular complexity index is 898. The zero-order chi connectivity index (χ0) is 23.8. The van der Waals surface area contributed by atoms with E-state index in [0.717, 1.165) is 23.1 Å². The predicted molar refractivity (Wildman–Crippen MR) is 122 cm³/mol. The summed E-state index contributed by atoms with van der Waals surface area (Å²) in [5.74, 6) is 0.126. The Labute approximate surface area is 194 Å². The number of halogens is 1. The fourth-order valence-corrected chi connectivity index (χ4v) is 3.85. The fourth-order valence-electron chi connectivity index (χ4n) is 3.85. The molecule has 0 spiro atoms. The van der Waals surface area contributed by atoms with Crippen molar-refractivity contribution in [2.75, 3.05) is 26.9 Å². The molecule has 0 radical (unpaired) electrons. The van der Waals surface area contributed by atoms with Crippen LogP contribution in [0.5, 0.6) is 5.75 Å². The van der Waals surface area contributed by atoms with Crippen molar-refractivity contribution in [2.24, 2.45) is 11.8 Å². The van der Waals surface area contributed by atoms with Gasteiger partial charge in [-0.2, -0.15) is 0 Å². The average Bonchev–Trinajstić information content (AvgIpc) is 3.20. The molecule has 7 heteroatoms. The van der Waals surface area contributed by atoms with Crippen molar-refractivity contribution in [3.8, 4) is 16.9 Å². The van der Waals surface area contributed by atoms with E-state index in [1.54, 1.807) is 19.2 Å². The number of rotatable bonds is 12. The first-order valence-electron chi connectivity index (χ1n) is 11.4. The molecule has 1 unspecified atom stereocenters. The smallest absolute Gasteiger partial charge is 0.309 e. The van der Waals surface area contributed by atoms with Gasteiger partial charge >= 0.3 is 5.97 Å². The number of aliphatic hydroxyl groups excluding tert-OH is 1. The Kier molecular flexibility index (Phi) is 9.23. The molecule has 1 heterocycles. The van der Waals surface area contributed by atoms with Crippen molar-refractivity contribution in [1.29, 1.82) is 0 Å². The van der Waals surface area contributed by atoms with Gasteiger partial charge < -0.3 is 24.1 Å². The highest BCUT2D eigenvalue weighted by molar-refractivity contribution is 5.75. The third-order valence-electron chi connectivity index (χ3n) is 5.80. The van der Waals surface area contributed by atoms with Crippen molar-refractivity contribution in [3.05, 3.63) is 53.8 Å². The molecule has 0 aromatic heterocycles. The molecule has 1 N–H and O–H groups in total. The maximum Gasteiger partial charge on any atom is 0.309 e. The molecule has 0 aliphatic carbocycles. The van der Waals surface area contributed by atoms with Crippen molar-refractivity contribution in [3.63, 3.8) is 0 Å². The van der Waals surface area contributed by atoms with Gasteiger partial charge in [0.25, 0.3) is 0 Å². The molecule has 3 atom stereocenters. The summed E-state index contributed by atoms with van der Waals surface area (Å²) in [6, 6.07) is 12.0. The highest BCUT2D eigenvalue weighted by atomic mass is 19.1. The third-order valence-corrected chi connectivity index (χ3v) is 5.80. The second-order valence-electron chi connectivity index (χ2n) is 8.68. The number of cyclic esters (lactones) is 1. The van der Waals surface area contributed by atoms with Gasteiger partial charge in [-0.05, 0) is 35.2 Å². The Balaban J connectivity index is 1.61. The van der Waals surface area contributed by atoms with Gasteiger partial charge in [-0.25, -0.2) is 4.39 Å². The van der Waals surface area contributed by atoms with Crippen LogP contribution < -0.4 is 4.74 Å². The van der Waals surface area contributed by atoms with E-state index in [4.69, 9.17) is 18.9 Å². The number of carbonyl (C=O) groups excluding carboxylic acids is 1. The fraction of sp³-hybridized carbons (Fsp3) is 0.500. The molecule has 0 bridgehead atoms. The molecule has 0 amide bonds. The van der Waals surface area contributed by atoms with Crippen LogP contribution in [-0.4, -0.2) is 50.2 Å². The maximum atomic E-state index is 13.3. The van der Waals surface area contributed by atoms with Gasteiger partial charge in [-0.1, -0.05) is 38.1 Å². The maximum absolute atomic E-state index is 13.3. The monoisotopic (exact) mass is 460 g/mol. The van der Waals surface area contributed by atoms with Gasteiger partial charge in [0, 0.05) is 32.1 Å². The van der Waals surface area contributed by atoms with Crippen LogP contribution in [0.1, 0.15) is 32.3 Å². The lowest BCUT2D eigenvalue weighted by Gasteiger charge is -2.18. The topological polar surface area (TPSA) is 74.2 Å². The Morgan fingerprint density at radius 3 is 2.58 bits per heavy atom. The normalized spacial score (nSPS) is 19.0. The summed E-state index contributed by atoms with van der Waals surface area (Å²) < 4.78 is 35.5. The van der Waals surface area contributed by atoms with Crippen LogP contribution in [0.3, 0.4) is 0 Å². The SMILES string of the molecule is COCCCOc1cc(COC[C@@H](O)C2C[C@@H](C(C)C)C(=O)O2)ccc1-c1ccc(F)cc1. The van der Waals surface area contributed by atoms with Crippen molar-refractivity contribution >= 4 is 5.97 Å². The van der Waals surface area contributed by atoms with Gasteiger partial charge in [-0.3, -0.25) is 4.79 Å². The number of aliphatic hydroxyl groups is 1. The average molecular weight is 461 g/mol. The standard InChI is InChI=1S/C26H33FO6/c1-17(2)22-14-25(33-26(22)29)23(28)16-31-15-18-5-10-21(19-6-8-20(27)9-7-19)24(13-18)32-12-4-11-30-3/h5-10,13,17,22-23,25,28H,4,11-12,14-16H2,1-3H3/t22-,23+,25?/m0/s1. The highest BCUT2D eigenvalue weighted by Gasteiger charge is 2.39. The highest BCUT2D eigenvalue weighted by Crippen LogP contribution is 2.32. The second kappa shape index (κ2) is 12.1. The zero-order valence-corrected chi connectivity index (χ0v) is 19.5. The molecule has 0 saturated carbocycles. The van der Waals surface area contributed by atoms with E-state index >= 15 is 0 Å². The summed E-state index contributed by atoms with van der Waals surface area (Å²) in [7, 11) is 1.64. The minimum atomic E-state index is -0.874. The Morgan fingerprint density at radius 1 is 1.15 bits per heavy atom. The lowest BCUT2D eigenvalue weighted by atomic mass is 9.91. The van der Waals surface area contributed by atoms with Crippen LogP contribution in [-0.2, 0) is 25.6 Å². The van der Waals surface area contributed by atoms with E-state index in [-0.39, 0.29) is 36.8 Å². The van der Waals surface area contributed by atoms with E-state index in [1.165, 1.54) is 12.1 Å². The van der Waals surface area contributed by atoms with Gasteiger partial charge in [0.1, 0.15) is 23.8 Å². The minimum absolute atomic E-state index is 0.0620. The lowest BCUT2D eigenvalue weighted by molar-refractivity contribution is -0.150. The van der Waals surface area contributed by atoms with Crippen molar-refractivity contribution in [1.82, 2.24) is 0 Å². The predicted octanol–water partition coefficient (Wildman–Crippen LogP) is 4.37. The van der Waals surface area contributed by atoms with E-state index < -0.39 is 12.2 Å². The van der Waals surface area contributed by atoms with Crippen LogP contribution >= 0.6 is 0 Å². The van der Waals surface area contributed by atoms with Crippen LogP contribution in [0.2, 0.25) is 0 Å². The summed E-state index contributed by atoms with van der Waals surface area (Å²) in [6.07, 6.45) is -0.164. The van der Waals surface area contributed by atoms with E-state index in [1.807, 2.05) is 32.0 Å². The molecule has 1 aliphatic heterocycles. The first kappa shape index (κ1) is 25.1. The first-order chi connectivity index (χ1) is 15.9.